The lowest BCUT2D eigenvalue weighted by Crippen LogP contribution is -2.37. The lowest BCUT2D eigenvalue weighted by molar-refractivity contribution is 0.122. The minimum atomic E-state index is 0.721. The molecule has 1 saturated heterocycles. The highest BCUT2D eigenvalue weighted by Crippen LogP contribution is 2.28. The molecule has 0 spiro atoms. The minimum absolute atomic E-state index is 0.721. The van der Waals surface area contributed by atoms with E-state index in [4.69, 9.17) is 9.72 Å². The topological polar surface area (TPSA) is 41.5 Å². The quantitative estimate of drug-likeness (QED) is 0.689. The van der Waals surface area contributed by atoms with Crippen LogP contribution in [-0.2, 0) is 11.3 Å². The molecule has 138 valence electrons. The molecule has 0 unspecified atom stereocenters. The Bertz CT molecular complexity index is 864. The number of aromatic nitrogens is 2. The van der Waals surface area contributed by atoms with Gasteiger partial charge in [-0.05, 0) is 24.6 Å². The van der Waals surface area contributed by atoms with E-state index >= 15 is 0 Å². The summed E-state index contributed by atoms with van der Waals surface area (Å²) in [7, 11) is 0. The second-order valence-electron chi connectivity index (χ2n) is 6.67. The van der Waals surface area contributed by atoms with Gasteiger partial charge in [0.05, 0.1) is 13.2 Å². The Morgan fingerprint density at radius 2 is 1.59 bits per heavy atom. The van der Waals surface area contributed by atoms with Crippen molar-refractivity contribution >= 4 is 17.5 Å². The number of nitrogens with zero attached hydrogens (tertiary/aromatic N) is 4. The lowest BCUT2D eigenvalue weighted by Gasteiger charge is -2.29. The van der Waals surface area contributed by atoms with E-state index in [1.54, 1.807) is 0 Å². The summed E-state index contributed by atoms with van der Waals surface area (Å²) in [6.07, 6.45) is 0. The highest BCUT2D eigenvalue weighted by molar-refractivity contribution is 5.61. The molecule has 2 heterocycles. The van der Waals surface area contributed by atoms with Crippen molar-refractivity contribution in [3.05, 3.63) is 78.0 Å². The highest BCUT2D eigenvalue weighted by atomic mass is 16.5. The Kier molecular flexibility index (Phi) is 5.30. The van der Waals surface area contributed by atoms with Gasteiger partial charge in [-0.2, -0.15) is 4.98 Å². The third-order valence-corrected chi connectivity index (χ3v) is 4.65. The Morgan fingerprint density at radius 3 is 2.30 bits per heavy atom. The fourth-order valence-electron chi connectivity index (χ4n) is 3.26. The van der Waals surface area contributed by atoms with Crippen molar-refractivity contribution in [2.24, 2.45) is 0 Å². The van der Waals surface area contributed by atoms with Gasteiger partial charge in [0.1, 0.15) is 5.82 Å². The third-order valence-electron chi connectivity index (χ3n) is 4.65. The Hall–Kier alpha value is -2.92. The van der Waals surface area contributed by atoms with Crippen LogP contribution < -0.4 is 9.80 Å². The average molecular weight is 360 g/mol. The van der Waals surface area contributed by atoms with Crippen molar-refractivity contribution < 1.29 is 4.74 Å². The number of para-hydroxylation sites is 1. The third kappa shape index (κ3) is 4.26. The molecule has 27 heavy (non-hydrogen) atoms. The maximum atomic E-state index is 5.47. The molecule has 0 N–H and O–H groups in total. The Morgan fingerprint density at radius 1 is 0.926 bits per heavy atom. The maximum absolute atomic E-state index is 5.47. The van der Waals surface area contributed by atoms with Gasteiger partial charge in [0.25, 0.3) is 0 Å². The normalized spacial score (nSPS) is 14.2. The number of rotatable bonds is 5. The Labute approximate surface area is 160 Å². The SMILES string of the molecule is Cc1cc(N(Cc2ccccc2)c2ccccc2)nc(N2CCOCC2)n1. The standard InChI is InChI=1S/C22H24N4O/c1-18-16-21(24-22(23-18)25-12-14-27-15-13-25)26(20-10-6-3-7-11-20)17-19-8-4-2-5-9-19/h2-11,16H,12-15,17H2,1H3. The number of aryl methyl sites for hydroxylation is 1. The van der Waals surface area contributed by atoms with E-state index in [1.807, 2.05) is 19.1 Å². The van der Waals surface area contributed by atoms with Crippen LogP contribution in [0.5, 0.6) is 0 Å². The molecule has 4 rings (SSSR count). The highest BCUT2D eigenvalue weighted by Gasteiger charge is 2.18. The molecular weight excluding hydrogens is 336 g/mol. The molecule has 0 radical (unpaired) electrons. The average Bonchev–Trinajstić information content (AvgIpc) is 2.73. The van der Waals surface area contributed by atoms with Crippen LogP contribution in [-0.4, -0.2) is 36.3 Å². The van der Waals surface area contributed by atoms with Gasteiger partial charge in [-0.25, -0.2) is 4.98 Å². The largest absolute Gasteiger partial charge is 0.378 e. The summed E-state index contributed by atoms with van der Waals surface area (Å²) in [5.74, 6) is 1.70. The van der Waals surface area contributed by atoms with E-state index in [9.17, 15) is 0 Å². The number of hydrogen-bond acceptors (Lipinski definition) is 5. The summed E-state index contributed by atoms with van der Waals surface area (Å²) < 4.78 is 5.47. The molecule has 0 atom stereocenters. The molecule has 1 aromatic heterocycles. The summed E-state index contributed by atoms with van der Waals surface area (Å²) in [6.45, 7) is 5.88. The van der Waals surface area contributed by atoms with Crippen LogP contribution in [0.1, 0.15) is 11.3 Å². The van der Waals surface area contributed by atoms with Crippen LogP contribution in [0.3, 0.4) is 0 Å². The molecule has 0 aliphatic carbocycles. The zero-order valence-electron chi connectivity index (χ0n) is 15.6. The van der Waals surface area contributed by atoms with Crippen molar-refractivity contribution in [2.45, 2.75) is 13.5 Å². The molecule has 0 amide bonds. The molecule has 1 aliphatic heterocycles. The minimum Gasteiger partial charge on any atom is -0.378 e. The van der Waals surface area contributed by atoms with Crippen molar-refractivity contribution in [3.63, 3.8) is 0 Å². The number of anilines is 3. The van der Waals surface area contributed by atoms with Gasteiger partial charge in [-0.1, -0.05) is 48.5 Å². The van der Waals surface area contributed by atoms with Gasteiger partial charge in [-0.3, -0.25) is 0 Å². The summed E-state index contributed by atoms with van der Waals surface area (Å²) in [5, 5.41) is 0. The van der Waals surface area contributed by atoms with Crippen LogP contribution in [0, 0.1) is 6.92 Å². The molecule has 5 heteroatoms. The molecule has 1 fully saturated rings. The number of ether oxygens (including phenoxy) is 1. The molecule has 1 aliphatic rings. The van der Waals surface area contributed by atoms with Crippen LogP contribution in [0.25, 0.3) is 0 Å². The fraction of sp³-hybridized carbons (Fsp3) is 0.273. The first kappa shape index (κ1) is 17.5. The summed E-state index contributed by atoms with van der Waals surface area (Å²) in [6, 6.07) is 22.9. The fourth-order valence-corrected chi connectivity index (χ4v) is 3.26. The predicted molar refractivity (Wildman–Crippen MR) is 109 cm³/mol. The van der Waals surface area contributed by atoms with Crippen molar-refractivity contribution in [1.29, 1.82) is 0 Å². The predicted octanol–water partition coefficient (Wildman–Crippen LogP) is 3.96. The van der Waals surface area contributed by atoms with Gasteiger partial charge in [0.15, 0.2) is 0 Å². The van der Waals surface area contributed by atoms with Crippen LogP contribution in [0.15, 0.2) is 66.7 Å². The number of benzene rings is 2. The summed E-state index contributed by atoms with van der Waals surface area (Å²) in [5.41, 5.74) is 3.33. The van der Waals surface area contributed by atoms with Crippen molar-refractivity contribution in [3.8, 4) is 0 Å². The van der Waals surface area contributed by atoms with E-state index in [0.717, 1.165) is 56.0 Å². The zero-order valence-corrected chi connectivity index (χ0v) is 15.6. The van der Waals surface area contributed by atoms with Gasteiger partial charge in [0, 0.05) is 37.1 Å². The summed E-state index contributed by atoms with van der Waals surface area (Å²) >= 11 is 0. The molecule has 3 aromatic rings. The summed E-state index contributed by atoms with van der Waals surface area (Å²) in [4.78, 5) is 14.0. The zero-order chi connectivity index (χ0) is 18.5. The Balaban J connectivity index is 1.72. The van der Waals surface area contributed by atoms with Crippen molar-refractivity contribution in [1.82, 2.24) is 9.97 Å². The van der Waals surface area contributed by atoms with Crippen LogP contribution >= 0.6 is 0 Å². The maximum Gasteiger partial charge on any atom is 0.227 e. The molecular formula is C22H24N4O. The van der Waals surface area contributed by atoms with Crippen molar-refractivity contribution in [2.75, 3.05) is 36.1 Å². The second-order valence-corrected chi connectivity index (χ2v) is 6.67. The first-order chi connectivity index (χ1) is 13.3. The van der Waals surface area contributed by atoms with Crippen LogP contribution in [0.2, 0.25) is 0 Å². The molecule has 0 bridgehead atoms. The van der Waals surface area contributed by atoms with E-state index < -0.39 is 0 Å². The smallest absolute Gasteiger partial charge is 0.227 e. The monoisotopic (exact) mass is 360 g/mol. The first-order valence-corrected chi connectivity index (χ1v) is 9.34. The molecule has 0 saturated carbocycles. The van der Waals surface area contributed by atoms with E-state index in [2.05, 4.69) is 69.4 Å². The number of morpholine rings is 1. The lowest BCUT2D eigenvalue weighted by atomic mass is 10.2. The van der Waals surface area contributed by atoms with E-state index in [1.165, 1.54) is 5.56 Å². The first-order valence-electron chi connectivity index (χ1n) is 9.34. The van der Waals surface area contributed by atoms with Gasteiger partial charge >= 0.3 is 0 Å². The van der Waals surface area contributed by atoms with E-state index in [0.29, 0.717) is 0 Å². The molecule has 2 aromatic carbocycles. The van der Waals surface area contributed by atoms with Crippen LogP contribution in [0.4, 0.5) is 17.5 Å². The van der Waals surface area contributed by atoms with Gasteiger partial charge in [0.2, 0.25) is 5.95 Å². The second kappa shape index (κ2) is 8.18. The molecule has 5 nitrogen and oxygen atoms in total. The van der Waals surface area contributed by atoms with Gasteiger partial charge in [-0.15, -0.1) is 0 Å². The van der Waals surface area contributed by atoms with Gasteiger partial charge < -0.3 is 14.5 Å². The van der Waals surface area contributed by atoms with E-state index in [-0.39, 0.29) is 0 Å². The number of hydrogen-bond donors (Lipinski definition) is 0.